The van der Waals surface area contributed by atoms with E-state index in [2.05, 4.69) is 98.1 Å². The lowest BCUT2D eigenvalue weighted by molar-refractivity contribution is 0.263. The predicted molar refractivity (Wildman–Crippen MR) is 146 cm³/mol. The zero-order chi connectivity index (χ0) is 24.4. The highest BCUT2D eigenvalue weighted by molar-refractivity contribution is 8.00. The van der Waals surface area contributed by atoms with Gasteiger partial charge in [-0.1, -0.05) is 50.8 Å². The quantitative estimate of drug-likeness (QED) is 0.251. The van der Waals surface area contributed by atoms with E-state index in [1.54, 1.807) is 19.1 Å². The van der Waals surface area contributed by atoms with Gasteiger partial charge in [-0.2, -0.15) is 0 Å². The number of benzene rings is 2. The highest BCUT2D eigenvalue weighted by atomic mass is 32.2. The fourth-order valence-electron chi connectivity index (χ4n) is 3.40. The van der Waals surface area contributed by atoms with Crippen LogP contribution in [0.2, 0.25) is 0 Å². The number of hydrogen-bond donors (Lipinski definition) is 1. The van der Waals surface area contributed by atoms with E-state index in [0.717, 1.165) is 64.8 Å². The zero-order valence-corrected chi connectivity index (χ0v) is 21.9. The van der Waals surface area contributed by atoms with Crippen LogP contribution < -0.4 is 4.72 Å². The van der Waals surface area contributed by atoms with Crippen LogP contribution in [-0.4, -0.2) is 44.1 Å². The summed E-state index contributed by atoms with van der Waals surface area (Å²) in [4.78, 5) is 5.54. The number of nitrogens with zero attached hydrogens (tertiary/aromatic N) is 2. The minimum Gasteiger partial charge on any atom is -0.500 e. The number of nitrogens with one attached hydrogen (secondary N) is 1. The van der Waals surface area contributed by atoms with E-state index >= 15 is 0 Å². The Hall–Kier alpha value is -2.79. The van der Waals surface area contributed by atoms with Crippen molar-refractivity contribution in [3.8, 4) is 0 Å². The van der Waals surface area contributed by atoms with Crippen LogP contribution >= 0.6 is 11.9 Å². The molecular weight excluding hydrogens is 426 g/mol. The van der Waals surface area contributed by atoms with Crippen molar-refractivity contribution in [2.45, 2.75) is 38.5 Å². The first-order valence-electron chi connectivity index (χ1n) is 11.4. The summed E-state index contributed by atoms with van der Waals surface area (Å²) in [5, 5.41) is 0. The lowest BCUT2D eigenvalue weighted by Crippen LogP contribution is -2.29. The normalized spacial score (nSPS) is 11.5. The Morgan fingerprint density at radius 1 is 1.06 bits per heavy atom. The number of methoxy groups -OCH3 is 1. The van der Waals surface area contributed by atoms with Crippen LogP contribution in [0.25, 0.3) is 11.8 Å². The monoisotopic (exact) mass is 465 g/mol. The smallest absolute Gasteiger partial charge is 0.111 e. The molecule has 0 atom stereocenters. The van der Waals surface area contributed by atoms with Crippen LogP contribution in [-0.2, 0) is 11.2 Å². The van der Waals surface area contributed by atoms with Gasteiger partial charge in [-0.3, -0.25) is 0 Å². The zero-order valence-electron chi connectivity index (χ0n) is 21.1. The lowest BCUT2D eigenvalue weighted by atomic mass is 10.0. The second kappa shape index (κ2) is 13.0. The lowest BCUT2D eigenvalue weighted by Gasteiger charge is -2.28. The Balaban J connectivity index is 2.06. The molecular formula is C28H39N3OS. The van der Waals surface area contributed by atoms with Crippen LogP contribution in [0.1, 0.15) is 43.9 Å². The molecule has 33 heavy (non-hydrogen) atoms. The summed E-state index contributed by atoms with van der Waals surface area (Å²) in [7, 11) is 5.88. The van der Waals surface area contributed by atoms with Crippen LogP contribution in [0.15, 0.2) is 72.0 Å². The largest absolute Gasteiger partial charge is 0.500 e. The maximum Gasteiger partial charge on any atom is 0.111 e. The molecule has 178 valence electrons. The van der Waals surface area contributed by atoms with Crippen molar-refractivity contribution >= 4 is 29.4 Å². The maximum atomic E-state index is 5.36. The van der Waals surface area contributed by atoms with Crippen molar-refractivity contribution in [2.75, 3.05) is 39.0 Å². The van der Waals surface area contributed by atoms with E-state index in [9.17, 15) is 0 Å². The van der Waals surface area contributed by atoms with E-state index in [1.165, 1.54) is 5.56 Å². The summed E-state index contributed by atoms with van der Waals surface area (Å²) in [6.45, 7) is 16.4. The minimum atomic E-state index is 0.847. The Labute approximate surface area is 205 Å². The van der Waals surface area contributed by atoms with Gasteiger partial charge in [0.25, 0.3) is 0 Å². The molecule has 0 aromatic heterocycles. The van der Waals surface area contributed by atoms with Crippen molar-refractivity contribution in [3.63, 3.8) is 0 Å². The van der Waals surface area contributed by atoms with Gasteiger partial charge in [0.1, 0.15) is 5.76 Å². The molecule has 2 aromatic rings. The first-order valence-corrected chi connectivity index (χ1v) is 12.2. The first-order chi connectivity index (χ1) is 15.8. The summed E-state index contributed by atoms with van der Waals surface area (Å²) >= 11 is 1.61. The van der Waals surface area contributed by atoms with Crippen molar-refractivity contribution in [2.24, 2.45) is 0 Å². The summed E-state index contributed by atoms with van der Waals surface area (Å²) in [6.07, 6.45) is 4.17. The molecule has 2 aromatic carbocycles. The van der Waals surface area contributed by atoms with Gasteiger partial charge in [-0.15, -0.1) is 0 Å². The Kier molecular flexibility index (Phi) is 10.5. The molecule has 0 saturated carbocycles. The SMILES string of the molecule is C=Cc1ccc(SNc2ccc(CCC)cc2)cc1C(=C)N(C)CCN(C)/C(C)=C(/C)OC. The first kappa shape index (κ1) is 26.5. The maximum absolute atomic E-state index is 5.36. The molecule has 0 fully saturated rings. The molecule has 0 aliphatic rings. The van der Waals surface area contributed by atoms with Crippen molar-refractivity contribution < 1.29 is 4.74 Å². The number of anilines is 1. The number of rotatable bonds is 13. The number of ether oxygens (including phenoxy) is 1. The number of allylic oxidation sites excluding steroid dienone is 2. The van der Waals surface area contributed by atoms with E-state index < -0.39 is 0 Å². The molecule has 0 heterocycles. The van der Waals surface area contributed by atoms with Gasteiger partial charge in [0, 0.05) is 54.7 Å². The van der Waals surface area contributed by atoms with Gasteiger partial charge in [0.05, 0.1) is 7.11 Å². The van der Waals surface area contributed by atoms with Gasteiger partial charge in [-0.25, -0.2) is 0 Å². The highest BCUT2D eigenvalue weighted by Crippen LogP contribution is 2.29. The summed E-state index contributed by atoms with van der Waals surface area (Å²) in [6, 6.07) is 15.1. The summed E-state index contributed by atoms with van der Waals surface area (Å²) < 4.78 is 8.81. The molecule has 5 heteroatoms. The van der Waals surface area contributed by atoms with Crippen molar-refractivity contribution in [3.05, 3.63) is 83.8 Å². The predicted octanol–water partition coefficient (Wildman–Crippen LogP) is 7.13. The fourth-order valence-corrected chi connectivity index (χ4v) is 4.08. The number of hydrogen-bond acceptors (Lipinski definition) is 5. The van der Waals surface area contributed by atoms with E-state index in [-0.39, 0.29) is 0 Å². The summed E-state index contributed by atoms with van der Waals surface area (Å²) in [5.41, 5.74) is 6.77. The van der Waals surface area contributed by atoms with E-state index in [1.807, 2.05) is 13.0 Å². The van der Waals surface area contributed by atoms with Gasteiger partial charge >= 0.3 is 0 Å². The third-order valence-electron chi connectivity index (χ3n) is 5.95. The van der Waals surface area contributed by atoms with Gasteiger partial charge in [-0.05, 0) is 67.6 Å². The van der Waals surface area contributed by atoms with Gasteiger partial charge in [0.2, 0.25) is 0 Å². The average molecular weight is 466 g/mol. The van der Waals surface area contributed by atoms with Crippen LogP contribution in [0.4, 0.5) is 5.69 Å². The van der Waals surface area contributed by atoms with Crippen molar-refractivity contribution in [1.82, 2.24) is 9.80 Å². The third kappa shape index (κ3) is 7.64. The summed E-state index contributed by atoms with van der Waals surface area (Å²) in [5.74, 6) is 0.935. The van der Waals surface area contributed by atoms with Crippen LogP contribution in [0.3, 0.4) is 0 Å². The van der Waals surface area contributed by atoms with E-state index in [4.69, 9.17) is 4.74 Å². The van der Waals surface area contributed by atoms with Crippen LogP contribution in [0.5, 0.6) is 0 Å². The van der Waals surface area contributed by atoms with Gasteiger partial charge in [0.15, 0.2) is 0 Å². The van der Waals surface area contributed by atoms with Gasteiger partial charge < -0.3 is 19.3 Å². The molecule has 0 bridgehead atoms. The molecule has 2 rings (SSSR count). The molecule has 0 aliphatic carbocycles. The number of likely N-dealkylation sites (N-methyl/N-ethyl adjacent to an activating group) is 2. The minimum absolute atomic E-state index is 0.847. The van der Waals surface area contributed by atoms with Crippen molar-refractivity contribution in [1.29, 1.82) is 0 Å². The molecule has 0 radical (unpaired) electrons. The Morgan fingerprint density at radius 3 is 2.33 bits per heavy atom. The average Bonchev–Trinajstić information content (AvgIpc) is 2.85. The molecule has 0 aliphatic heterocycles. The second-order valence-electron chi connectivity index (χ2n) is 8.24. The topological polar surface area (TPSA) is 27.7 Å². The third-order valence-corrected chi connectivity index (χ3v) is 6.78. The Bertz CT molecular complexity index is 966. The van der Waals surface area contributed by atoms with Crippen LogP contribution in [0, 0.1) is 0 Å². The Morgan fingerprint density at radius 2 is 1.73 bits per heavy atom. The molecule has 0 saturated heterocycles. The molecule has 0 unspecified atom stereocenters. The fraction of sp³-hybridized carbons (Fsp3) is 0.357. The molecule has 1 N–H and O–H groups in total. The van der Waals surface area contributed by atoms with E-state index in [0.29, 0.717) is 0 Å². The number of aryl methyl sites for hydroxylation is 1. The second-order valence-corrected chi connectivity index (χ2v) is 9.12. The highest BCUT2D eigenvalue weighted by Gasteiger charge is 2.12. The standard InChI is InChI=1S/C28H39N3OS/c1-9-11-24-12-15-26(16-13-24)29-33-27-17-14-25(10-2)28(20-27)22(4)31(7)19-18-30(6)21(3)23(5)32-8/h10,12-17,20,29H,2,4,9,11,18-19H2,1,3,5-8H3/b23-21-. The molecule has 0 amide bonds. The molecule has 0 spiro atoms. The molecule has 4 nitrogen and oxygen atoms in total.